The van der Waals surface area contributed by atoms with Gasteiger partial charge in [0.15, 0.2) is 16.7 Å². The first-order valence-electron chi connectivity index (χ1n) is 6.56. The lowest BCUT2D eigenvalue weighted by Gasteiger charge is -2.11. The van der Waals surface area contributed by atoms with E-state index in [2.05, 4.69) is 10.3 Å². The second-order valence-electron chi connectivity index (χ2n) is 4.53. The van der Waals surface area contributed by atoms with Crippen LogP contribution in [0.15, 0.2) is 36.5 Å². The third-order valence-corrected chi connectivity index (χ3v) is 3.36. The molecule has 4 nitrogen and oxygen atoms in total. The van der Waals surface area contributed by atoms with Gasteiger partial charge in [0.1, 0.15) is 0 Å². The molecule has 0 radical (unpaired) electrons. The monoisotopic (exact) mass is 290 g/mol. The fraction of sp³-hybridized carbons (Fsp3) is 0.267. The molecule has 0 fully saturated rings. The fourth-order valence-corrected chi connectivity index (χ4v) is 2.22. The van der Waals surface area contributed by atoms with Crippen LogP contribution in [0.4, 0.5) is 5.69 Å². The van der Waals surface area contributed by atoms with Crippen molar-refractivity contribution in [2.45, 2.75) is 13.0 Å². The normalized spacial score (nSPS) is 13.7. The molecule has 0 saturated heterocycles. The van der Waals surface area contributed by atoms with Gasteiger partial charge >= 0.3 is 0 Å². The Balaban J connectivity index is 1.72. The Morgan fingerprint density at radius 1 is 1.15 bits per heavy atom. The van der Waals surface area contributed by atoms with E-state index in [1.165, 1.54) is 0 Å². The second-order valence-corrected chi connectivity index (χ2v) is 4.88. The molecule has 1 N–H and O–H groups in total. The van der Waals surface area contributed by atoms with E-state index in [1.54, 1.807) is 6.20 Å². The molecule has 0 amide bonds. The molecule has 0 unspecified atom stereocenters. The van der Waals surface area contributed by atoms with Crippen molar-refractivity contribution in [1.29, 1.82) is 0 Å². The largest absolute Gasteiger partial charge is 0.490 e. The highest BCUT2D eigenvalue weighted by Gasteiger charge is 2.10. The lowest BCUT2D eigenvalue weighted by molar-refractivity contribution is 0.297. The van der Waals surface area contributed by atoms with Gasteiger partial charge in [-0.3, -0.25) is 0 Å². The number of halogens is 1. The van der Waals surface area contributed by atoms with Crippen molar-refractivity contribution in [3.63, 3.8) is 0 Å². The SMILES string of the molecule is Clc1ncccc1NCc1ccc2c(c1)OCCCO2. The number of hydrogen-bond donors (Lipinski definition) is 1. The Hall–Kier alpha value is -1.94. The number of nitrogens with zero attached hydrogens (tertiary/aromatic N) is 1. The number of rotatable bonds is 3. The Morgan fingerprint density at radius 3 is 2.85 bits per heavy atom. The molecule has 0 aliphatic carbocycles. The van der Waals surface area contributed by atoms with Crippen molar-refractivity contribution in [3.05, 3.63) is 47.2 Å². The first kappa shape index (κ1) is 13.1. The number of pyridine rings is 1. The number of ether oxygens (including phenoxy) is 2. The highest BCUT2D eigenvalue weighted by atomic mass is 35.5. The zero-order valence-corrected chi connectivity index (χ0v) is 11.7. The molecule has 2 heterocycles. The molecule has 2 aromatic rings. The maximum Gasteiger partial charge on any atom is 0.161 e. The zero-order valence-electron chi connectivity index (χ0n) is 10.9. The summed E-state index contributed by atoms with van der Waals surface area (Å²) >= 11 is 6.01. The van der Waals surface area contributed by atoms with Gasteiger partial charge < -0.3 is 14.8 Å². The van der Waals surface area contributed by atoms with Crippen LogP contribution >= 0.6 is 11.6 Å². The number of hydrogen-bond acceptors (Lipinski definition) is 4. The maximum absolute atomic E-state index is 6.01. The third-order valence-electron chi connectivity index (χ3n) is 3.05. The van der Waals surface area contributed by atoms with Gasteiger partial charge in [-0.1, -0.05) is 17.7 Å². The first-order chi connectivity index (χ1) is 9.83. The van der Waals surface area contributed by atoms with Crippen LogP contribution in [0, 0.1) is 0 Å². The molecule has 1 aromatic carbocycles. The predicted molar refractivity (Wildman–Crippen MR) is 78.6 cm³/mol. The van der Waals surface area contributed by atoms with Crippen molar-refractivity contribution in [2.75, 3.05) is 18.5 Å². The predicted octanol–water partition coefficient (Wildman–Crippen LogP) is 3.51. The summed E-state index contributed by atoms with van der Waals surface area (Å²) in [6.45, 7) is 2.05. The smallest absolute Gasteiger partial charge is 0.161 e. The van der Waals surface area contributed by atoms with Crippen LogP contribution in [-0.2, 0) is 6.54 Å². The molecule has 1 aromatic heterocycles. The lowest BCUT2D eigenvalue weighted by Crippen LogP contribution is -2.01. The van der Waals surface area contributed by atoms with Crippen LogP contribution in [0.2, 0.25) is 5.15 Å². The number of benzene rings is 1. The van der Waals surface area contributed by atoms with Crippen molar-refractivity contribution in [1.82, 2.24) is 4.98 Å². The minimum absolute atomic E-state index is 0.474. The number of fused-ring (bicyclic) bond motifs is 1. The van der Waals surface area contributed by atoms with E-state index >= 15 is 0 Å². The first-order valence-corrected chi connectivity index (χ1v) is 6.93. The van der Waals surface area contributed by atoms with Crippen molar-refractivity contribution >= 4 is 17.3 Å². The molecule has 0 spiro atoms. The highest BCUT2D eigenvalue weighted by molar-refractivity contribution is 6.31. The van der Waals surface area contributed by atoms with Crippen molar-refractivity contribution in [3.8, 4) is 11.5 Å². The molecular formula is C15H15ClN2O2. The second kappa shape index (κ2) is 6.01. The molecule has 0 bridgehead atoms. The molecule has 1 aliphatic rings. The summed E-state index contributed by atoms with van der Waals surface area (Å²) in [6.07, 6.45) is 2.58. The Kier molecular flexibility index (Phi) is 3.92. The lowest BCUT2D eigenvalue weighted by atomic mass is 10.2. The van der Waals surface area contributed by atoms with Crippen molar-refractivity contribution < 1.29 is 9.47 Å². The molecule has 1 aliphatic heterocycles. The number of aromatic nitrogens is 1. The van der Waals surface area contributed by atoms with E-state index < -0.39 is 0 Å². The summed E-state index contributed by atoms with van der Waals surface area (Å²) in [5.41, 5.74) is 1.93. The molecule has 5 heteroatoms. The third kappa shape index (κ3) is 2.96. The van der Waals surface area contributed by atoms with Gasteiger partial charge in [0, 0.05) is 19.2 Å². The molecular weight excluding hydrogens is 276 g/mol. The maximum atomic E-state index is 6.01. The molecule has 20 heavy (non-hydrogen) atoms. The summed E-state index contributed by atoms with van der Waals surface area (Å²) in [6, 6.07) is 9.71. The van der Waals surface area contributed by atoms with Gasteiger partial charge in [0.2, 0.25) is 0 Å². The van der Waals surface area contributed by atoms with E-state index in [4.69, 9.17) is 21.1 Å². The zero-order chi connectivity index (χ0) is 13.8. The summed E-state index contributed by atoms with van der Waals surface area (Å²) in [5.74, 6) is 1.62. The summed E-state index contributed by atoms with van der Waals surface area (Å²) < 4.78 is 11.3. The van der Waals surface area contributed by atoms with Crippen LogP contribution in [0.1, 0.15) is 12.0 Å². The van der Waals surface area contributed by atoms with Gasteiger partial charge in [-0.25, -0.2) is 4.98 Å². The fourth-order valence-electron chi connectivity index (χ4n) is 2.03. The topological polar surface area (TPSA) is 43.4 Å². The van der Waals surface area contributed by atoms with Crippen LogP contribution in [0.25, 0.3) is 0 Å². The van der Waals surface area contributed by atoms with Gasteiger partial charge in [0.25, 0.3) is 0 Å². The van der Waals surface area contributed by atoms with E-state index in [1.807, 2.05) is 30.3 Å². The summed E-state index contributed by atoms with van der Waals surface area (Å²) in [5, 5.41) is 3.73. The summed E-state index contributed by atoms with van der Waals surface area (Å²) in [7, 11) is 0. The van der Waals surface area contributed by atoms with E-state index in [9.17, 15) is 0 Å². The average molecular weight is 291 g/mol. The quantitative estimate of drug-likeness (QED) is 0.879. The van der Waals surface area contributed by atoms with Crippen molar-refractivity contribution in [2.24, 2.45) is 0 Å². The Bertz CT molecular complexity index is 604. The molecule has 0 atom stereocenters. The highest BCUT2D eigenvalue weighted by Crippen LogP contribution is 2.30. The molecule has 0 saturated carbocycles. The van der Waals surface area contributed by atoms with Crippen LogP contribution in [0.3, 0.4) is 0 Å². The summed E-state index contributed by atoms with van der Waals surface area (Å²) in [4.78, 5) is 4.03. The number of nitrogens with one attached hydrogen (secondary N) is 1. The van der Waals surface area contributed by atoms with Gasteiger partial charge in [-0.2, -0.15) is 0 Å². The van der Waals surface area contributed by atoms with Gasteiger partial charge in [-0.05, 0) is 29.8 Å². The molecule has 3 rings (SSSR count). The van der Waals surface area contributed by atoms with E-state index in [0.29, 0.717) is 24.9 Å². The molecule has 104 valence electrons. The van der Waals surface area contributed by atoms with Crippen LogP contribution in [0.5, 0.6) is 11.5 Å². The minimum Gasteiger partial charge on any atom is -0.490 e. The minimum atomic E-state index is 0.474. The standard InChI is InChI=1S/C15H15ClN2O2/c16-15-12(3-1-6-17-15)18-10-11-4-5-13-14(9-11)20-8-2-7-19-13/h1,3-6,9,18H,2,7-8,10H2. The van der Waals surface area contributed by atoms with Gasteiger partial charge in [-0.15, -0.1) is 0 Å². The average Bonchev–Trinajstić information content (AvgIpc) is 2.71. The van der Waals surface area contributed by atoms with Crippen LogP contribution in [-0.4, -0.2) is 18.2 Å². The Labute approximate surface area is 122 Å². The Morgan fingerprint density at radius 2 is 2.00 bits per heavy atom. The van der Waals surface area contributed by atoms with Crippen LogP contribution < -0.4 is 14.8 Å². The van der Waals surface area contributed by atoms with E-state index in [0.717, 1.165) is 29.2 Å². The van der Waals surface area contributed by atoms with E-state index in [-0.39, 0.29) is 0 Å². The van der Waals surface area contributed by atoms with Gasteiger partial charge in [0.05, 0.1) is 18.9 Å². The number of anilines is 1.